The summed E-state index contributed by atoms with van der Waals surface area (Å²) in [5, 5.41) is 7.84. The molecule has 9 aromatic carbocycles. The van der Waals surface area contributed by atoms with Crippen molar-refractivity contribution >= 4 is 81.1 Å². The number of rotatable bonds is 7. The van der Waals surface area contributed by atoms with Gasteiger partial charge in [0.2, 0.25) is 0 Å². The molecule has 0 amide bonds. The van der Waals surface area contributed by atoms with Crippen molar-refractivity contribution in [1.29, 1.82) is 0 Å². The lowest BCUT2D eigenvalue weighted by atomic mass is 9.80. The maximum Gasteiger partial charge on any atom is 0.0640 e. The summed E-state index contributed by atoms with van der Waals surface area (Å²) in [6.07, 6.45) is 6.49. The Bertz CT molecular complexity index is 3420. The van der Waals surface area contributed by atoms with E-state index in [4.69, 9.17) is 0 Å². The molecule has 1 fully saturated rings. The lowest BCUT2D eigenvalue weighted by molar-refractivity contribution is 0.445. The van der Waals surface area contributed by atoms with Crippen molar-refractivity contribution in [3.8, 4) is 27.9 Å². The molecule has 1 saturated carbocycles. The second kappa shape index (κ2) is 15.0. The normalized spacial score (nSPS) is 13.5. The fourth-order valence-electron chi connectivity index (χ4n) is 10.5. The fourth-order valence-corrected chi connectivity index (χ4v) is 11.7. The molecule has 292 valence electrons. The molecule has 0 atom stereocenters. The zero-order chi connectivity index (χ0) is 40.3. The maximum atomic E-state index is 2.55. The lowest BCUT2D eigenvalue weighted by Crippen LogP contribution is -2.12. The van der Waals surface area contributed by atoms with E-state index in [2.05, 4.69) is 210 Å². The van der Waals surface area contributed by atoms with Gasteiger partial charge in [-0.3, -0.25) is 0 Å². The van der Waals surface area contributed by atoms with Crippen LogP contribution in [0.25, 0.3) is 80.7 Å². The molecule has 2 nitrogen and oxygen atoms in total. The maximum absolute atomic E-state index is 2.55. The Hall–Kier alpha value is -6.94. The third-order valence-corrected chi connectivity index (χ3v) is 14.4. The molecule has 0 unspecified atom stereocenters. The average Bonchev–Trinajstić information content (AvgIpc) is 3.89. The molecule has 12 rings (SSSR count). The van der Waals surface area contributed by atoms with Crippen LogP contribution in [0.2, 0.25) is 0 Å². The van der Waals surface area contributed by atoms with E-state index in [1.165, 1.54) is 130 Å². The highest BCUT2D eigenvalue weighted by molar-refractivity contribution is 7.26. The zero-order valence-electron chi connectivity index (χ0n) is 34.0. The molecule has 2 heterocycles. The van der Waals surface area contributed by atoms with E-state index in [9.17, 15) is 0 Å². The van der Waals surface area contributed by atoms with Crippen LogP contribution in [0.5, 0.6) is 0 Å². The molecule has 0 bridgehead atoms. The monoisotopic (exact) mass is 800 g/mol. The van der Waals surface area contributed by atoms with Gasteiger partial charge < -0.3 is 9.47 Å². The largest absolute Gasteiger partial charge is 0.309 e. The van der Waals surface area contributed by atoms with Crippen molar-refractivity contribution in [2.45, 2.75) is 38.0 Å². The highest BCUT2D eigenvalue weighted by atomic mass is 32.1. The molecule has 0 N–H and O–H groups in total. The molecule has 11 aromatic rings. The van der Waals surface area contributed by atoms with Gasteiger partial charge in [-0.2, -0.15) is 0 Å². The Balaban J connectivity index is 1.11. The number of thiophene rings is 1. The van der Waals surface area contributed by atoms with Gasteiger partial charge in [-0.1, -0.05) is 165 Å². The summed E-state index contributed by atoms with van der Waals surface area (Å²) in [5.41, 5.74) is 13.5. The van der Waals surface area contributed by atoms with Crippen LogP contribution in [0.3, 0.4) is 0 Å². The smallest absolute Gasteiger partial charge is 0.0640 e. The summed E-state index contributed by atoms with van der Waals surface area (Å²) in [6.45, 7) is 0. The minimum atomic E-state index is 0.585. The van der Waals surface area contributed by atoms with Gasteiger partial charge in [0.05, 0.1) is 27.1 Å². The van der Waals surface area contributed by atoms with Gasteiger partial charge in [-0.15, -0.1) is 11.3 Å². The van der Waals surface area contributed by atoms with E-state index < -0.39 is 0 Å². The first-order valence-corrected chi connectivity index (χ1v) is 22.6. The van der Waals surface area contributed by atoms with Crippen LogP contribution in [0.4, 0.5) is 17.1 Å². The Kier molecular flexibility index (Phi) is 8.82. The van der Waals surface area contributed by atoms with E-state index in [-0.39, 0.29) is 0 Å². The standard InChI is InChI=1S/C58H44N2S/c1-3-18-39(19-4-1)44-29-14-20-40-21-15-31-48(56(40)44)46-26-7-10-33-51(46)60(54-36-17-32-49-47-27-9-12-37-55(47)61-58(49)54)43-25-13-22-41(38-43)45-30-16-35-53-57(45)50-28-8-11-34-52(50)59(53)42-23-5-2-6-24-42/h2,5-17,20-39H,1,3-4,18-19H2. The van der Waals surface area contributed by atoms with Gasteiger partial charge in [0.25, 0.3) is 0 Å². The second-order valence-corrected chi connectivity index (χ2v) is 17.7. The molecule has 3 heteroatoms. The number of hydrogen-bond donors (Lipinski definition) is 0. The molecule has 0 radical (unpaired) electrons. The zero-order valence-corrected chi connectivity index (χ0v) is 34.8. The molecule has 61 heavy (non-hydrogen) atoms. The summed E-state index contributed by atoms with van der Waals surface area (Å²) >= 11 is 1.89. The first-order chi connectivity index (χ1) is 30.3. The molecular formula is C58H44N2S. The first-order valence-electron chi connectivity index (χ1n) is 21.8. The number of para-hydroxylation sites is 3. The molecule has 2 aromatic heterocycles. The van der Waals surface area contributed by atoms with Gasteiger partial charge in [0, 0.05) is 43.2 Å². The summed E-state index contributed by atoms with van der Waals surface area (Å²) in [7, 11) is 0. The van der Waals surface area contributed by atoms with Crippen LogP contribution in [-0.4, -0.2) is 4.57 Å². The van der Waals surface area contributed by atoms with Gasteiger partial charge in [0.15, 0.2) is 0 Å². The number of anilines is 3. The van der Waals surface area contributed by atoms with Gasteiger partial charge in [-0.05, 0) is 106 Å². The summed E-state index contributed by atoms with van der Waals surface area (Å²) in [4.78, 5) is 2.55. The van der Waals surface area contributed by atoms with Crippen LogP contribution >= 0.6 is 11.3 Å². The molecule has 0 saturated heterocycles. The number of benzene rings is 9. The summed E-state index contributed by atoms with van der Waals surface area (Å²) in [6, 6.07) is 74.4. The van der Waals surface area contributed by atoms with E-state index in [0.717, 1.165) is 5.69 Å². The van der Waals surface area contributed by atoms with Gasteiger partial charge in [0.1, 0.15) is 0 Å². The molecular weight excluding hydrogens is 757 g/mol. The Morgan fingerprint density at radius 2 is 1.11 bits per heavy atom. The Labute approximate surface area is 360 Å². The molecule has 0 spiro atoms. The fraction of sp³-hybridized carbons (Fsp3) is 0.103. The SMILES string of the molecule is c1ccc(-n2c3ccccc3c3c(-c4cccc(N(c5ccccc5-c5cccc6cccc(C7CCCCC7)c56)c5cccc6c5sc5ccccc56)c4)cccc32)cc1. The lowest BCUT2D eigenvalue weighted by Gasteiger charge is -2.30. The predicted octanol–water partition coefficient (Wildman–Crippen LogP) is 17.2. The highest BCUT2D eigenvalue weighted by Gasteiger charge is 2.25. The van der Waals surface area contributed by atoms with E-state index in [1.54, 1.807) is 0 Å². The van der Waals surface area contributed by atoms with Crippen molar-refractivity contribution in [1.82, 2.24) is 4.57 Å². The van der Waals surface area contributed by atoms with Crippen molar-refractivity contribution in [3.63, 3.8) is 0 Å². The van der Waals surface area contributed by atoms with Gasteiger partial charge in [-0.25, -0.2) is 0 Å². The second-order valence-electron chi connectivity index (χ2n) is 16.6. The molecule has 0 aliphatic heterocycles. The predicted molar refractivity (Wildman–Crippen MR) is 263 cm³/mol. The van der Waals surface area contributed by atoms with Crippen LogP contribution < -0.4 is 4.90 Å². The van der Waals surface area contributed by atoms with Crippen LogP contribution in [0.15, 0.2) is 200 Å². The summed E-state index contributed by atoms with van der Waals surface area (Å²) < 4.78 is 5.01. The molecule has 1 aliphatic rings. The number of nitrogens with zero attached hydrogens (tertiary/aromatic N) is 2. The van der Waals surface area contributed by atoms with Crippen molar-refractivity contribution in [2.24, 2.45) is 0 Å². The van der Waals surface area contributed by atoms with Crippen LogP contribution in [0, 0.1) is 0 Å². The minimum absolute atomic E-state index is 0.585. The van der Waals surface area contributed by atoms with Crippen molar-refractivity contribution in [2.75, 3.05) is 4.90 Å². The summed E-state index contributed by atoms with van der Waals surface area (Å²) in [5.74, 6) is 0.585. The topological polar surface area (TPSA) is 8.17 Å². The van der Waals surface area contributed by atoms with Crippen molar-refractivity contribution < 1.29 is 0 Å². The van der Waals surface area contributed by atoms with E-state index >= 15 is 0 Å². The first kappa shape index (κ1) is 36.0. The minimum Gasteiger partial charge on any atom is -0.309 e. The van der Waals surface area contributed by atoms with Crippen LogP contribution in [-0.2, 0) is 0 Å². The van der Waals surface area contributed by atoms with E-state index in [1.807, 2.05) is 11.3 Å². The number of hydrogen-bond acceptors (Lipinski definition) is 2. The third kappa shape index (κ3) is 5.98. The average molecular weight is 801 g/mol. The van der Waals surface area contributed by atoms with Crippen molar-refractivity contribution in [3.05, 3.63) is 206 Å². The molecule has 1 aliphatic carbocycles. The number of fused-ring (bicyclic) bond motifs is 7. The third-order valence-electron chi connectivity index (χ3n) is 13.2. The Morgan fingerprint density at radius 3 is 2.02 bits per heavy atom. The quantitative estimate of drug-likeness (QED) is 0.156. The van der Waals surface area contributed by atoms with E-state index in [0.29, 0.717) is 5.92 Å². The van der Waals surface area contributed by atoms with Crippen LogP contribution in [0.1, 0.15) is 43.6 Å². The van der Waals surface area contributed by atoms with Gasteiger partial charge >= 0.3 is 0 Å². The highest BCUT2D eigenvalue weighted by Crippen LogP contribution is 2.50. The Morgan fingerprint density at radius 1 is 0.459 bits per heavy atom. The number of aromatic nitrogens is 1.